The van der Waals surface area contributed by atoms with Crippen LogP contribution in [0.4, 0.5) is 22.0 Å². The Balaban J connectivity index is 2.54. The lowest BCUT2D eigenvalue weighted by molar-refractivity contribution is -0.142. The minimum Gasteiger partial charge on any atom is -0.388 e. The van der Waals surface area contributed by atoms with Crippen molar-refractivity contribution >= 4 is 11.8 Å². The Bertz CT molecular complexity index is 707. The summed E-state index contributed by atoms with van der Waals surface area (Å²) >= 11 is 0.784. The largest absolute Gasteiger partial charge is 0.406 e. The molecule has 0 aliphatic rings. The van der Waals surface area contributed by atoms with Crippen LogP contribution in [0.3, 0.4) is 0 Å². The third-order valence-electron chi connectivity index (χ3n) is 3.10. The van der Waals surface area contributed by atoms with Gasteiger partial charge in [0, 0.05) is 11.0 Å². The summed E-state index contributed by atoms with van der Waals surface area (Å²) in [4.78, 5) is 4.17. The van der Waals surface area contributed by atoms with Gasteiger partial charge < -0.3 is 9.67 Å². The van der Waals surface area contributed by atoms with Crippen LogP contribution in [0.25, 0.3) is 0 Å². The molecule has 0 aliphatic heterocycles. The van der Waals surface area contributed by atoms with Crippen LogP contribution in [0.1, 0.15) is 31.3 Å². The van der Waals surface area contributed by atoms with Gasteiger partial charge in [-0.25, -0.2) is 13.8 Å². The molecule has 3 nitrogen and oxygen atoms in total. The van der Waals surface area contributed by atoms with Crippen molar-refractivity contribution in [3.8, 4) is 0 Å². The molecule has 1 heterocycles. The number of aromatic nitrogens is 2. The van der Waals surface area contributed by atoms with E-state index in [1.165, 1.54) is 0 Å². The maximum absolute atomic E-state index is 13.3. The number of aliphatic hydroxyl groups is 1. The van der Waals surface area contributed by atoms with E-state index in [2.05, 4.69) is 4.98 Å². The van der Waals surface area contributed by atoms with E-state index in [4.69, 9.17) is 0 Å². The molecule has 0 bridgehead atoms. The Morgan fingerprint density at radius 3 is 2.21 bits per heavy atom. The zero-order chi connectivity index (χ0) is 18.1. The standard InChI is InChI=1S/C15H15F5N2OS/c1-8(2)13-14(24-11-4-9(16)3-10(17)5-11)22(7-15(18,19)20)12(6-23)21-13/h3-5,8,23H,6-7H2,1-2H3. The van der Waals surface area contributed by atoms with E-state index in [1.54, 1.807) is 13.8 Å². The number of alkyl halides is 3. The Morgan fingerprint density at radius 1 is 1.17 bits per heavy atom. The van der Waals surface area contributed by atoms with Gasteiger partial charge >= 0.3 is 6.18 Å². The summed E-state index contributed by atoms with van der Waals surface area (Å²) in [5, 5.41) is 9.42. The van der Waals surface area contributed by atoms with E-state index >= 15 is 0 Å². The molecule has 0 aliphatic carbocycles. The Hall–Kier alpha value is -1.61. The van der Waals surface area contributed by atoms with Gasteiger partial charge in [0.05, 0.1) is 5.69 Å². The first-order chi connectivity index (χ1) is 11.1. The van der Waals surface area contributed by atoms with Crippen LogP contribution in [0.5, 0.6) is 0 Å². The fourth-order valence-electron chi connectivity index (χ4n) is 2.15. The summed E-state index contributed by atoms with van der Waals surface area (Å²) in [5.41, 5.74) is 0.331. The highest BCUT2D eigenvalue weighted by atomic mass is 32.2. The first kappa shape index (κ1) is 18.7. The molecule has 0 radical (unpaired) electrons. The predicted octanol–water partition coefficient (Wildman–Crippen LogP) is 4.49. The molecule has 9 heteroatoms. The lowest BCUT2D eigenvalue weighted by atomic mass is 10.1. The Labute approximate surface area is 139 Å². The smallest absolute Gasteiger partial charge is 0.388 e. The molecule has 1 N–H and O–H groups in total. The maximum Gasteiger partial charge on any atom is 0.406 e. The van der Waals surface area contributed by atoms with Gasteiger partial charge in [-0.05, 0) is 18.1 Å². The van der Waals surface area contributed by atoms with Crippen molar-refractivity contribution in [2.45, 2.75) is 49.0 Å². The molecule has 0 saturated heterocycles. The molecule has 1 aromatic heterocycles. The van der Waals surface area contributed by atoms with Gasteiger partial charge in [-0.15, -0.1) is 0 Å². The summed E-state index contributed by atoms with van der Waals surface area (Å²) in [6.45, 7) is 1.45. The predicted molar refractivity (Wildman–Crippen MR) is 78.8 cm³/mol. The quantitative estimate of drug-likeness (QED) is 0.793. The minimum absolute atomic E-state index is 0.108. The molecule has 1 aromatic carbocycles. The van der Waals surface area contributed by atoms with E-state index in [0.29, 0.717) is 11.8 Å². The highest BCUT2D eigenvalue weighted by Gasteiger charge is 2.32. The van der Waals surface area contributed by atoms with Gasteiger partial charge in [0.2, 0.25) is 0 Å². The monoisotopic (exact) mass is 366 g/mol. The SMILES string of the molecule is CC(C)c1nc(CO)n(CC(F)(F)F)c1Sc1cc(F)cc(F)c1. The molecule has 0 spiro atoms. The minimum atomic E-state index is -4.53. The van der Waals surface area contributed by atoms with Crippen LogP contribution in [0.2, 0.25) is 0 Å². The molecule has 132 valence electrons. The summed E-state index contributed by atoms with van der Waals surface area (Å²) < 4.78 is 66.1. The van der Waals surface area contributed by atoms with Crippen molar-refractivity contribution in [2.24, 2.45) is 0 Å². The molecule has 0 saturated carbocycles. The number of hydrogen-bond acceptors (Lipinski definition) is 3. The van der Waals surface area contributed by atoms with Gasteiger partial charge in [-0.2, -0.15) is 13.2 Å². The van der Waals surface area contributed by atoms with E-state index in [9.17, 15) is 27.1 Å². The lowest BCUT2D eigenvalue weighted by Gasteiger charge is -2.14. The Morgan fingerprint density at radius 2 is 1.75 bits per heavy atom. The topological polar surface area (TPSA) is 38.1 Å². The lowest BCUT2D eigenvalue weighted by Crippen LogP contribution is -2.20. The van der Waals surface area contributed by atoms with Gasteiger partial charge in [0.25, 0.3) is 0 Å². The number of aliphatic hydroxyl groups excluding tert-OH is 1. The van der Waals surface area contributed by atoms with Crippen molar-refractivity contribution in [1.29, 1.82) is 0 Å². The average Bonchev–Trinajstić information content (AvgIpc) is 2.74. The molecule has 0 fully saturated rings. The van der Waals surface area contributed by atoms with Crippen molar-refractivity contribution in [1.82, 2.24) is 9.55 Å². The molecular weight excluding hydrogens is 351 g/mol. The van der Waals surface area contributed by atoms with Crippen LogP contribution < -0.4 is 0 Å². The second-order valence-corrected chi connectivity index (χ2v) is 6.50. The zero-order valence-corrected chi connectivity index (χ0v) is 13.7. The van der Waals surface area contributed by atoms with Crippen molar-refractivity contribution < 1.29 is 27.1 Å². The number of imidazole rings is 1. The van der Waals surface area contributed by atoms with E-state index < -0.39 is 31.0 Å². The average molecular weight is 366 g/mol. The van der Waals surface area contributed by atoms with E-state index in [-0.39, 0.29) is 21.7 Å². The van der Waals surface area contributed by atoms with Crippen LogP contribution in [0.15, 0.2) is 28.1 Å². The number of hydrogen-bond donors (Lipinski definition) is 1. The van der Waals surface area contributed by atoms with Crippen LogP contribution in [-0.4, -0.2) is 20.8 Å². The second kappa shape index (κ2) is 7.10. The number of benzene rings is 1. The number of halogens is 5. The summed E-state index contributed by atoms with van der Waals surface area (Å²) in [5.74, 6) is -2.03. The third-order valence-corrected chi connectivity index (χ3v) is 4.20. The summed E-state index contributed by atoms with van der Waals surface area (Å²) in [6.07, 6.45) is -4.53. The summed E-state index contributed by atoms with van der Waals surface area (Å²) in [6, 6.07) is 2.74. The molecule has 0 unspecified atom stereocenters. The van der Waals surface area contributed by atoms with Gasteiger partial charge in [0.1, 0.15) is 35.6 Å². The van der Waals surface area contributed by atoms with Gasteiger partial charge in [-0.1, -0.05) is 25.6 Å². The van der Waals surface area contributed by atoms with Crippen molar-refractivity contribution in [3.05, 3.63) is 41.4 Å². The zero-order valence-electron chi connectivity index (χ0n) is 12.9. The fourth-order valence-corrected chi connectivity index (χ4v) is 3.38. The van der Waals surface area contributed by atoms with Crippen LogP contribution in [-0.2, 0) is 13.2 Å². The van der Waals surface area contributed by atoms with Crippen molar-refractivity contribution in [3.63, 3.8) is 0 Å². The highest BCUT2D eigenvalue weighted by molar-refractivity contribution is 7.99. The Kier molecular flexibility index (Phi) is 5.54. The van der Waals surface area contributed by atoms with Crippen molar-refractivity contribution in [2.75, 3.05) is 0 Å². The highest BCUT2D eigenvalue weighted by Crippen LogP contribution is 2.37. The molecule has 2 rings (SSSR count). The van der Waals surface area contributed by atoms with E-state index in [0.717, 1.165) is 28.5 Å². The van der Waals surface area contributed by atoms with Gasteiger partial charge in [-0.3, -0.25) is 0 Å². The molecular formula is C15H15F5N2OS. The fraction of sp³-hybridized carbons (Fsp3) is 0.400. The molecule has 0 atom stereocenters. The molecule has 2 aromatic rings. The third kappa shape index (κ3) is 4.47. The number of nitrogens with zero attached hydrogens (tertiary/aromatic N) is 2. The normalized spacial score (nSPS) is 12.2. The molecule has 0 amide bonds. The second-order valence-electron chi connectivity index (χ2n) is 5.44. The van der Waals surface area contributed by atoms with Gasteiger partial charge in [0.15, 0.2) is 0 Å². The maximum atomic E-state index is 13.3. The first-order valence-corrected chi connectivity index (χ1v) is 7.83. The first-order valence-electron chi connectivity index (χ1n) is 7.01. The number of rotatable bonds is 5. The summed E-state index contributed by atoms with van der Waals surface area (Å²) in [7, 11) is 0. The van der Waals surface area contributed by atoms with Crippen LogP contribution >= 0.6 is 11.8 Å². The van der Waals surface area contributed by atoms with Crippen LogP contribution in [0, 0.1) is 11.6 Å². The van der Waals surface area contributed by atoms with E-state index in [1.807, 2.05) is 0 Å². The molecule has 24 heavy (non-hydrogen) atoms.